The van der Waals surface area contributed by atoms with Gasteiger partial charge in [0.1, 0.15) is 5.75 Å². The molecule has 0 aromatic heterocycles. The predicted molar refractivity (Wildman–Crippen MR) is 97.3 cm³/mol. The number of carbonyl (C=O) groups excluding carboxylic acids is 1. The molecule has 0 saturated carbocycles. The summed E-state index contributed by atoms with van der Waals surface area (Å²) in [7, 11) is -3.13. The Kier molecular flexibility index (Phi) is 7.07. The number of carbonyl (C=O) groups is 1. The number of aryl methyl sites for hydroxylation is 1. The lowest BCUT2D eigenvalue weighted by molar-refractivity contribution is 0.226. The molecule has 0 atom stereocenters. The van der Waals surface area contributed by atoms with Crippen LogP contribution in [-0.4, -0.2) is 57.3 Å². The van der Waals surface area contributed by atoms with Gasteiger partial charge in [-0.3, -0.25) is 0 Å². The van der Waals surface area contributed by atoms with Crippen LogP contribution in [0.5, 0.6) is 5.75 Å². The molecule has 1 aromatic rings. The Morgan fingerprint density at radius 1 is 1.32 bits per heavy atom. The van der Waals surface area contributed by atoms with Crippen molar-refractivity contribution in [2.75, 3.05) is 32.5 Å². The lowest BCUT2D eigenvalue weighted by Crippen LogP contribution is -2.49. The van der Waals surface area contributed by atoms with Crippen molar-refractivity contribution in [2.24, 2.45) is 0 Å². The maximum atomic E-state index is 11.9. The second kappa shape index (κ2) is 9.05. The van der Waals surface area contributed by atoms with Gasteiger partial charge in [0.25, 0.3) is 0 Å². The maximum absolute atomic E-state index is 11.9. The fourth-order valence-electron chi connectivity index (χ4n) is 2.74. The molecule has 0 bridgehead atoms. The van der Waals surface area contributed by atoms with Crippen LogP contribution in [0.1, 0.15) is 24.8 Å². The van der Waals surface area contributed by atoms with E-state index in [0.29, 0.717) is 45.5 Å². The van der Waals surface area contributed by atoms with Gasteiger partial charge in [-0.2, -0.15) is 0 Å². The van der Waals surface area contributed by atoms with Gasteiger partial charge in [-0.05, 0) is 43.9 Å². The van der Waals surface area contributed by atoms with E-state index in [9.17, 15) is 13.2 Å². The third kappa shape index (κ3) is 6.91. The van der Waals surface area contributed by atoms with Crippen LogP contribution in [0.25, 0.3) is 0 Å². The van der Waals surface area contributed by atoms with Crippen LogP contribution in [0.3, 0.4) is 0 Å². The summed E-state index contributed by atoms with van der Waals surface area (Å²) in [4.78, 5) is 11.9. The summed E-state index contributed by atoms with van der Waals surface area (Å²) < 4.78 is 30.0. The Labute approximate surface area is 149 Å². The molecule has 1 heterocycles. The van der Waals surface area contributed by atoms with Crippen molar-refractivity contribution in [3.05, 3.63) is 29.8 Å². The highest BCUT2D eigenvalue weighted by Gasteiger charge is 2.25. The van der Waals surface area contributed by atoms with Crippen molar-refractivity contribution in [3.8, 4) is 5.75 Å². The Hall–Kier alpha value is -1.80. The normalized spacial score (nSPS) is 16.4. The third-order valence-electron chi connectivity index (χ3n) is 4.12. The van der Waals surface area contributed by atoms with E-state index in [1.165, 1.54) is 10.6 Å². The predicted octanol–water partition coefficient (Wildman–Crippen LogP) is 1.49. The fourth-order valence-corrected chi connectivity index (χ4v) is 3.61. The van der Waals surface area contributed by atoms with E-state index in [1.54, 1.807) is 0 Å². The Balaban J connectivity index is 1.57. The van der Waals surface area contributed by atoms with Gasteiger partial charge in [-0.25, -0.2) is 17.5 Å². The number of hydrogen-bond donors (Lipinski definition) is 2. The summed E-state index contributed by atoms with van der Waals surface area (Å²) in [5.74, 6) is 0.835. The van der Waals surface area contributed by atoms with Gasteiger partial charge in [0, 0.05) is 25.7 Å². The smallest absolute Gasteiger partial charge is 0.315 e. The zero-order valence-corrected chi connectivity index (χ0v) is 15.6. The molecule has 2 N–H and O–H groups in total. The molecule has 140 valence electrons. The summed E-state index contributed by atoms with van der Waals surface area (Å²) in [5, 5.41) is 5.70. The lowest BCUT2D eigenvalue weighted by atomic mass is 10.1. The molecule has 7 nitrogen and oxygen atoms in total. The summed E-state index contributed by atoms with van der Waals surface area (Å²) in [6.45, 7) is 3.98. The number of nitrogens with one attached hydrogen (secondary N) is 2. The molecular formula is C17H27N3O4S. The van der Waals surface area contributed by atoms with Crippen molar-refractivity contribution in [2.45, 2.75) is 32.2 Å². The molecule has 2 rings (SSSR count). The van der Waals surface area contributed by atoms with Crippen molar-refractivity contribution in [1.29, 1.82) is 0 Å². The SMILES string of the molecule is Cc1cccc(OCCCNC(=O)NC2CCN(S(C)(=O)=O)CC2)c1. The number of nitrogens with zero attached hydrogens (tertiary/aromatic N) is 1. The minimum atomic E-state index is -3.13. The minimum Gasteiger partial charge on any atom is -0.494 e. The molecule has 1 aliphatic rings. The van der Waals surface area contributed by atoms with E-state index in [2.05, 4.69) is 10.6 Å². The summed E-state index contributed by atoms with van der Waals surface area (Å²) in [5.41, 5.74) is 1.15. The van der Waals surface area contributed by atoms with E-state index >= 15 is 0 Å². The number of sulfonamides is 1. The van der Waals surface area contributed by atoms with Gasteiger partial charge in [0.2, 0.25) is 10.0 Å². The largest absolute Gasteiger partial charge is 0.494 e. The first-order valence-corrected chi connectivity index (χ1v) is 10.4. The first-order valence-electron chi connectivity index (χ1n) is 8.53. The Morgan fingerprint density at radius 3 is 2.68 bits per heavy atom. The standard InChI is InChI=1S/C17H27N3O4S/c1-14-5-3-6-16(13-14)24-12-4-9-18-17(21)19-15-7-10-20(11-8-15)25(2,22)23/h3,5-6,13,15H,4,7-12H2,1-2H3,(H2,18,19,21). The summed E-state index contributed by atoms with van der Waals surface area (Å²) >= 11 is 0. The molecule has 0 radical (unpaired) electrons. The molecule has 8 heteroatoms. The molecule has 1 saturated heterocycles. The second-order valence-electron chi connectivity index (χ2n) is 6.36. The highest BCUT2D eigenvalue weighted by Crippen LogP contribution is 2.13. The lowest BCUT2D eigenvalue weighted by Gasteiger charge is -2.30. The van der Waals surface area contributed by atoms with Crippen molar-refractivity contribution >= 4 is 16.1 Å². The van der Waals surface area contributed by atoms with Crippen LogP contribution >= 0.6 is 0 Å². The van der Waals surface area contributed by atoms with E-state index in [-0.39, 0.29) is 12.1 Å². The molecular weight excluding hydrogens is 342 g/mol. The first-order chi connectivity index (χ1) is 11.8. The molecule has 25 heavy (non-hydrogen) atoms. The van der Waals surface area contributed by atoms with Crippen LogP contribution in [0.4, 0.5) is 4.79 Å². The van der Waals surface area contributed by atoms with Crippen molar-refractivity contribution < 1.29 is 17.9 Å². The van der Waals surface area contributed by atoms with Crippen LogP contribution < -0.4 is 15.4 Å². The number of hydrogen-bond acceptors (Lipinski definition) is 4. The summed E-state index contributed by atoms with van der Waals surface area (Å²) in [6.07, 6.45) is 3.20. The summed E-state index contributed by atoms with van der Waals surface area (Å²) in [6, 6.07) is 7.65. The molecule has 1 aliphatic heterocycles. The molecule has 0 aliphatic carbocycles. The first kappa shape index (κ1) is 19.5. The topological polar surface area (TPSA) is 87.7 Å². The van der Waals surface area contributed by atoms with Gasteiger partial charge >= 0.3 is 6.03 Å². The zero-order valence-electron chi connectivity index (χ0n) is 14.8. The Morgan fingerprint density at radius 2 is 2.04 bits per heavy atom. The molecule has 1 fully saturated rings. The maximum Gasteiger partial charge on any atom is 0.315 e. The van der Waals surface area contributed by atoms with Gasteiger partial charge in [-0.15, -0.1) is 0 Å². The van der Waals surface area contributed by atoms with E-state index in [4.69, 9.17) is 4.74 Å². The van der Waals surface area contributed by atoms with Crippen molar-refractivity contribution in [3.63, 3.8) is 0 Å². The van der Waals surface area contributed by atoms with E-state index < -0.39 is 10.0 Å². The third-order valence-corrected chi connectivity index (χ3v) is 5.43. The number of rotatable bonds is 7. The molecule has 0 spiro atoms. The number of urea groups is 1. The number of piperidine rings is 1. The minimum absolute atomic E-state index is 0.0153. The molecule has 0 unspecified atom stereocenters. The molecule has 2 amide bonds. The number of ether oxygens (including phenoxy) is 1. The monoisotopic (exact) mass is 369 g/mol. The highest BCUT2D eigenvalue weighted by atomic mass is 32.2. The molecule has 1 aromatic carbocycles. The van der Waals surface area contributed by atoms with E-state index in [1.807, 2.05) is 31.2 Å². The van der Waals surface area contributed by atoms with Crippen LogP contribution in [-0.2, 0) is 10.0 Å². The number of benzene rings is 1. The number of amides is 2. The van der Waals surface area contributed by atoms with Gasteiger partial charge < -0.3 is 15.4 Å². The van der Waals surface area contributed by atoms with Gasteiger partial charge in [0.15, 0.2) is 0 Å². The average molecular weight is 369 g/mol. The fraction of sp³-hybridized carbons (Fsp3) is 0.588. The quantitative estimate of drug-likeness (QED) is 0.713. The van der Waals surface area contributed by atoms with Crippen LogP contribution in [0.2, 0.25) is 0 Å². The second-order valence-corrected chi connectivity index (χ2v) is 8.34. The van der Waals surface area contributed by atoms with Crippen molar-refractivity contribution in [1.82, 2.24) is 14.9 Å². The Bertz CT molecular complexity index is 670. The average Bonchev–Trinajstić information content (AvgIpc) is 2.54. The van der Waals surface area contributed by atoms with Gasteiger partial charge in [-0.1, -0.05) is 12.1 Å². The highest BCUT2D eigenvalue weighted by molar-refractivity contribution is 7.88. The zero-order chi connectivity index (χ0) is 18.3. The van der Waals surface area contributed by atoms with Gasteiger partial charge in [0.05, 0.1) is 12.9 Å². The van der Waals surface area contributed by atoms with Crippen LogP contribution in [0, 0.1) is 6.92 Å². The van der Waals surface area contributed by atoms with Crippen LogP contribution in [0.15, 0.2) is 24.3 Å². The van der Waals surface area contributed by atoms with E-state index in [0.717, 1.165) is 11.3 Å².